The monoisotopic (exact) mass is 262 g/mol. The first-order valence-electron chi connectivity index (χ1n) is 7.59. The highest BCUT2D eigenvalue weighted by Gasteiger charge is 2.20. The molecule has 0 atom stereocenters. The van der Waals surface area contributed by atoms with E-state index in [1.807, 2.05) is 0 Å². The molecule has 1 aromatic rings. The minimum Gasteiger partial charge on any atom is -0.370 e. The van der Waals surface area contributed by atoms with Crippen LogP contribution in [0.5, 0.6) is 0 Å². The van der Waals surface area contributed by atoms with Gasteiger partial charge >= 0.3 is 0 Å². The predicted octanol–water partition coefficient (Wildman–Crippen LogP) is 3.38. The molecule has 1 saturated carbocycles. The molecule has 106 valence electrons. The van der Waals surface area contributed by atoms with E-state index in [0.717, 1.165) is 54.9 Å². The average molecular weight is 262 g/mol. The lowest BCUT2D eigenvalue weighted by Crippen LogP contribution is -2.12. The van der Waals surface area contributed by atoms with E-state index in [0.29, 0.717) is 0 Å². The van der Waals surface area contributed by atoms with Crippen molar-refractivity contribution in [2.75, 3.05) is 23.7 Å². The number of hydrogen-bond donors (Lipinski definition) is 2. The van der Waals surface area contributed by atoms with Gasteiger partial charge in [-0.3, -0.25) is 0 Å². The number of nitrogens with zero attached hydrogens (tertiary/aromatic N) is 2. The molecular weight excluding hydrogens is 236 g/mol. The first-order chi connectivity index (χ1) is 9.24. The fourth-order valence-corrected chi connectivity index (χ4v) is 2.11. The summed E-state index contributed by atoms with van der Waals surface area (Å²) in [7, 11) is 0. The van der Waals surface area contributed by atoms with Gasteiger partial charge in [0.25, 0.3) is 0 Å². The summed E-state index contributed by atoms with van der Waals surface area (Å²) < 4.78 is 0. The van der Waals surface area contributed by atoms with E-state index in [9.17, 15) is 0 Å². The molecule has 0 spiro atoms. The van der Waals surface area contributed by atoms with Crippen molar-refractivity contribution in [1.29, 1.82) is 0 Å². The standard InChI is InChI=1S/C15H26N4/c1-4-9-16-14-11(3)15(19-13(5-2)18-14)17-10-8-12-6-7-12/h12H,4-10H2,1-3H3,(H2,16,17,18,19). The molecule has 0 aromatic carbocycles. The number of nitrogens with one attached hydrogen (secondary N) is 2. The summed E-state index contributed by atoms with van der Waals surface area (Å²) in [4.78, 5) is 9.20. The Balaban J connectivity index is 2.04. The van der Waals surface area contributed by atoms with Gasteiger partial charge in [0, 0.05) is 25.1 Å². The van der Waals surface area contributed by atoms with Crippen molar-refractivity contribution in [2.24, 2.45) is 5.92 Å². The summed E-state index contributed by atoms with van der Waals surface area (Å²) >= 11 is 0. The molecule has 1 aliphatic carbocycles. The minimum absolute atomic E-state index is 0.873. The summed E-state index contributed by atoms with van der Waals surface area (Å²) in [5.74, 6) is 3.87. The van der Waals surface area contributed by atoms with Gasteiger partial charge in [0.15, 0.2) is 0 Å². The number of rotatable bonds is 8. The van der Waals surface area contributed by atoms with Crippen molar-refractivity contribution in [1.82, 2.24) is 9.97 Å². The van der Waals surface area contributed by atoms with Crippen molar-refractivity contribution >= 4 is 11.6 Å². The van der Waals surface area contributed by atoms with Crippen molar-refractivity contribution in [3.05, 3.63) is 11.4 Å². The van der Waals surface area contributed by atoms with Crippen molar-refractivity contribution in [3.8, 4) is 0 Å². The Bertz CT molecular complexity index is 413. The highest BCUT2D eigenvalue weighted by atomic mass is 15.1. The number of hydrogen-bond acceptors (Lipinski definition) is 4. The zero-order valence-corrected chi connectivity index (χ0v) is 12.4. The molecule has 0 aliphatic heterocycles. The van der Waals surface area contributed by atoms with Crippen molar-refractivity contribution in [3.63, 3.8) is 0 Å². The Hall–Kier alpha value is -1.32. The maximum Gasteiger partial charge on any atom is 0.134 e. The molecule has 0 amide bonds. The lowest BCUT2D eigenvalue weighted by Gasteiger charge is -2.14. The first kappa shape index (κ1) is 14.1. The molecule has 4 nitrogen and oxygen atoms in total. The molecule has 1 fully saturated rings. The lowest BCUT2D eigenvalue weighted by atomic mass is 10.2. The van der Waals surface area contributed by atoms with Gasteiger partial charge < -0.3 is 10.6 Å². The van der Waals surface area contributed by atoms with Gasteiger partial charge in [-0.05, 0) is 25.7 Å². The van der Waals surface area contributed by atoms with Crippen LogP contribution in [0.1, 0.15) is 50.9 Å². The van der Waals surface area contributed by atoms with Crippen LogP contribution < -0.4 is 10.6 Å². The molecule has 0 bridgehead atoms. The van der Waals surface area contributed by atoms with E-state index in [2.05, 4.69) is 41.4 Å². The zero-order chi connectivity index (χ0) is 13.7. The van der Waals surface area contributed by atoms with E-state index in [1.165, 1.54) is 19.3 Å². The van der Waals surface area contributed by atoms with E-state index < -0.39 is 0 Å². The van der Waals surface area contributed by atoms with Gasteiger partial charge in [0.1, 0.15) is 17.5 Å². The van der Waals surface area contributed by atoms with Crippen LogP contribution in [-0.4, -0.2) is 23.1 Å². The first-order valence-corrected chi connectivity index (χ1v) is 7.59. The third-order valence-electron chi connectivity index (χ3n) is 3.59. The van der Waals surface area contributed by atoms with Crippen LogP contribution in [-0.2, 0) is 6.42 Å². The quantitative estimate of drug-likeness (QED) is 0.754. The Labute approximate surface area is 116 Å². The molecule has 1 aromatic heterocycles. The SMILES string of the molecule is CCCNc1nc(CC)nc(NCCC2CC2)c1C. The molecular formula is C15H26N4. The predicted molar refractivity (Wildman–Crippen MR) is 80.8 cm³/mol. The van der Waals surface area contributed by atoms with Gasteiger partial charge in [-0.1, -0.05) is 26.7 Å². The van der Waals surface area contributed by atoms with Crippen LogP contribution in [0.25, 0.3) is 0 Å². The van der Waals surface area contributed by atoms with Crippen molar-refractivity contribution < 1.29 is 0 Å². The maximum atomic E-state index is 4.61. The highest BCUT2D eigenvalue weighted by molar-refractivity contribution is 5.57. The smallest absolute Gasteiger partial charge is 0.134 e. The second kappa shape index (κ2) is 6.73. The summed E-state index contributed by atoms with van der Waals surface area (Å²) in [5.41, 5.74) is 1.14. The molecule has 2 N–H and O–H groups in total. The second-order valence-electron chi connectivity index (χ2n) is 5.40. The molecule has 0 saturated heterocycles. The summed E-state index contributed by atoms with van der Waals surface area (Å²) in [5, 5.41) is 6.88. The van der Waals surface area contributed by atoms with Gasteiger partial charge in [0.2, 0.25) is 0 Å². The van der Waals surface area contributed by atoms with Crippen LogP contribution >= 0.6 is 0 Å². The van der Waals surface area contributed by atoms with Crippen LogP contribution in [0.15, 0.2) is 0 Å². The topological polar surface area (TPSA) is 49.8 Å². The van der Waals surface area contributed by atoms with E-state index >= 15 is 0 Å². The van der Waals surface area contributed by atoms with Crippen LogP contribution in [0.4, 0.5) is 11.6 Å². The molecule has 4 heteroatoms. The fraction of sp³-hybridized carbons (Fsp3) is 0.733. The summed E-state index contributed by atoms with van der Waals surface area (Å²) in [6.45, 7) is 8.35. The molecule has 19 heavy (non-hydrogen) atoms. The van der Waals surface area contributed by atoms with E-state index in [1.54, 1.807) is 0 Å². The Morgan fingerprint density at radius 2 is 1.68 bits per heavy atom. The summed E-state index contributed by atoms with van der Waals surface area (Å²) in [6, 6.07) is 0. The molecule has 1 heterocycles. The van der Waals surface area contributed by atoms with Gasteiger partial charge in [-0.2, -0.15) is 0 Å². The third kappa shape index (κ3) is 4.08. The van der Waals surface area contributed by atoms with Crippen LogP contribution in [0.3, 0.4) is 0 Å². The van der Waals surface area contributed by atoms with Gasteiger partial charge in [-0.15, -0.1) is 0 Å². The van der Waals surface area contributed by atoms with Crippen LogP contribution in [0.2, 0.25) is 0 Å². The molecule has 2 rings (SSSR count). The fourth-order valence-electron chi connectivity index (χ4n) is 2.11. The van der Waals surface area contributed by atoms with E-state index in [4.69, 9.17) is 0 Å². The third-order valence-corrected chi connectivity index (χ3v) is 3.59. The van der Waals surface area contributed by atoms with E-state index in [-0.39, 0.29) is 0 Å². The lowest BCUT2D eigenvalue weighted by molar-refractivity contribution is 0.756. The number of aromatic nitrogens is 2. The summed E-state index contributed by atoms with van der Waals surface area (Å²) in [6.07, 6.45) is 6.07. The molecule has 1 aliphatic rings. The normalized spacial score (nSPS) is 14.5. The Morgan fingerprint density at radius 3 is 2.21 bits per heavy atom. The zero-order valence-electron chi connectivity index (χ0n) is 12.4. The van der Waals surface area contributed by atoms with Crippen molar-refractivity contribution in [2.45, 2.75) is 52.9 Å². The second-order valence-corrected chi connectivity index (χ2v) is 5.40. The number of anilines is 2. The minimum atomic E-state index is 0.873. The number of aryl methyl sites for hydroxylation is 1. The largest absolute Gasteiger partial charge is 0.370 e. The molecule has 0 unspecified atom stereocenters. The van der Waals surface area contributed by atoms with Gasteiger partial charge in [0.05, 0.1) is 0 Å². The Kier molecular flexibility index (Phi) is 5.00. The van der Waals surface area contributed by atoms with Crippen LogP contribution in [0, 0.1) is 12.8 Å². The maximum absolute atomic E-state index is 4.61. The van der Waals surface area contributed by atoms with Gasteiger partial charge in [-0.25, -0.2) is 9.97 Å². The molecule has 0 radical (unpaired) electrons. The highest BCUT2D eigenvalue weighted by Crippen LogP contribution is 2.32. The Morgan fingerprint density at radius 1 is 1.05 bits per heavy atom. The average Bonchev–Trinajstić information content (AvgIpc) is 3.23.